The van der Waals surface area contributed by atoms with E-state index in [1.165, 1.54) is 0 Å². The molecule has 0 saturated heterocycles. The molecule has 0 amide bonds. The van der Waals surface area contributed by atoms with Gasteiger partial charge in [-0.05, 0) is 19.8 Å². The quantitative estimate of drug-likeness (QED) is 0.319. The maximum atomic E-state index is 9.64. The molecule has 0 aromatic rings. The van der Waals surface area contributed by atoms with Crippen LogP contribution >= 0.6 is 0 Å². The van der Waals surface area contributed by atoms with E-state index in [-0.39, 0.29) is 6.61 Å². The van der Waals surface area contributed by atoms with Crippen molar-refractivity contribution in [2.75, 3.05) is 19.8 Å². The van der Waals surface area contributed by atoms with Crippen molar-refractivity contribution in [3.63, 3.8) is 0 Å². The van der Waals surface area contributed by atoms with Crippen LogP contribution in [0.2, 0.25) is 0 Å². The number of unbranched alkanes of at least 4 members (excludes halogenated alkanes) is 1. The predicted molar refractivity (Wildman–Crippen MR) is 38.7 cm³/mol. The highest BCUT2D eigenvalue weighted by Crippen LogP contribution is 1.90. The minimum Gasteiger partial charge on any atom is -0.382 e. The van der Waals surface area contributed by atoms with Crippen LogP contribution in [0.3, 0.4) is 0 Å². The third kappa shape index (κ3) is 9.16. The van der Waals surface area contributed by atoms with Crippen molar-refractivity contribution in [2.45, 2.75) is 19.8 Å². The third-order valence-corrected chi connectivity index (χ3v) is 1.08. The summed E-state index contributed by atoms with van der Waals surface area (Å²) >= 11 is 0. The first-order valence-corrected chi connectivity index (χ1v) is 3.62. The fourth-order valence-corrected chi connectivity index (χ4v) is 0.590. The van der Waals surface area contributed by atoms with Crippen LogP contribution in [0.5, 0.6) is 0 Å². The second-order valence-corrected chi connectivity index (χ2v) is 1.96. The normalized spacial score (nSPS) is 9.55. The third-order valence-electron chi connectivity index (χ3n) is 1.08. The largest absolute Gasteiger partial charge is 0.382 e. The molecular weight excluding hydrogens is 150 g/mol. The number of hydrogen-bond donors (Lipinski definition) is 0. The van der Waals surface area contributed by atoms with Crippen LogP contribution in [0.25, 0.3) is 0 Å². The van der Waals surface area contributed by atoms with Crippen LogP contribution in [0.15, 0.2) is 0 Å². The van der Waals surface area contributed by atoms with E-state index < -0.39 is 5.09 Å². The summed E-state index contributed by atoms with van der Waals surface area (Å²) in [5, 5.41) is 8.86. The molecule has 0 N–H and O–H groups in total. The van der Waals surface area contributed by atoms with Crippen molar-refractivity contribution in [2.24, 2.45) is 0 Å². The lowest BCUT2D eigenvalue weighted by Crippen LogP contribution is -2.03. The van der Waals surface area contributed by atoms with Crippen LogP contribution < -0.4 is 0 Å². The van der Waals surface area contributed by atoms with Gasteiger partial charge in [0, 0.05) is 13.2 Å². The van der Waals surface area contributed by atoms with Crippen molar-refractivity contribution in [3.05, 3.63) is 10.1 Å². The number of nitrogens with zero attached hydrogens (tertiary/aromatic N) is 1. The second-order valence-electron chi connectivity index (χ2n) is 1.96. The van der Waals surface area contributed by atoms with Gasteiger partial charge in [-0.25, -0.2) is 0 Å². The molecule has 0 rings (SSSR count). The molecule has 0 aromatic heterocycles. The van der Waals surface area contributed by atoms with Gasteiger partial charge < -0.3 is 9.57 Å². The fraction of sp³-hybridized carbons (Fsp3) is 1.00. The van der Waals surface area contributed by atoms with E-state index in [0.717, 1.165) is 6.42 Å². The predicted octanol–water partition coefficient (Wildman–Crippen LogP) is 1.01. The molecular formula is C6H13NO4. The monoisotopic (exact) mass is 163 g/mol. The molecule has 0 saturated carbocycles. The Hall–Kier alpha value is -0.840. The van der Waals surface area contributed by atoms with Gasteiger partial charge in [0.1, 0.15) is 0 Å². The number of rotatable bonds is 7. The van der Waals surface area contributed by atoms with Crippen molar-refractivity contribution in [3.8, 4) is 0 Å². The zero-order valence-electron chi connectivity index (χ0n) is 6.62. The fourth-order valence-electron chi connectivity index (χ4n) is 0.590. The topological polar surface area (TPSA) is 61.6 Å². The summed E-state index contributed by atoms with van der Waals surface area (Å²) in [4.78, 5) is 13.7. The molecule has 11 heavy (non-hydrogen) atoms. The Balaban J connectivity index is 2.85. The lowest BCUT2D eigenvalue weighted by atomic mass is 10.3. The zero-order chi connectivity index (χ0) is 8.53. The maximum absolute atomic E-state index is 9.64. The average molecular weight is 163 g/mol. The molecule has 0 aliphatic carbocycles. The molecule has 0 spiro atoms. The smallest absolute Gasteiger partial charge is 0.294 e. The minimum atomic E-state index is -0.777. The molecule has 0 fully saturated rings. The molecule has 0 aromatic carbocycles. The minimum absolute atomic E-state index is 0.167. The van der Waals surface area contributed by atoms with E-state index in [0.29, 0.717) is 19.6 Å². The van der Waals surface area contributed by atoms with Gasteiger partial charge in [-0.1, -0.05) is 0 Å². The SMILES string of the molecule is CCOCCCCO[N+](=O)[O-]. The standard InChI is InChI=1S/C6H13NO4/c1-2-10-5-3-4-6-11-7(8)9/h2-6H2,1H3. The Morgan fingerprint density at radius 3 is 2.55 bits per heavy atom. The van der Waals surface area contributed by atoms with Crippen molar-refractivity contribution in [1.29, 1.82) is 0 Å². The van der Waals surface area contributed by atoms with Crippen LogP contribution in [0.4, 0.5) is 0 Å². The highest BCUT2D eigenvalue weighted by atomic mass is 16.9. The Kier molecular flexibility index (Phi) is 6.71. The van der Waals surface area contributed by atoms with Gasteiger partial charge in [-0.15, -0.1) is 10.1 Å². The van der Waals surface area contributed by atoms with Gasteiger partial charge in [-0.2, -0.15) is 0 Å². The van der Waals surface area contributed by atoms with Crippen LogP contribution in [-0.2, 0) is 9.57 Å². The van der Waals surface area contributed by atoms with Crippen molar-refractivity contribution in [1.82, 2.24) is 0 Å². The van der Waals surface area contributed by atoms with Gasteiger partial charge in [0.2, 0.25) is 0 Å². The Bertz CT molecular complexity index is 107. The van der Waals surface area contributed by atoms with E-state index in [9.17, 15) is 10.1 Å². The summed E-state index contributed by atoms with van der Waals surface area (Å²) in [6.07, 6.45) is 1.47. The molecule has 0 aliphatic heterocycles. The van der Waals surface area contributed by atoms with E-state index >= 15 is 0 Å². The number of hydrogen-bond acceptors (Lipinski definition) is 4. The maximum Gasteiger partial charge on any atom is 0.294 e. The Labute approximate surface area is 65.4 Å². The average Bonchev–Trinajstić information content (AvgIpc) is 1.96. The van der Waals surface area contributed by atoms with Gasteiger partial charge >= 0.3 is 0 Å². The second kappa shape index (κ2) is 7.27. The molecule has 0 unspecified atom stereocenters. The molecule has 5 nitrogen and oxygen atoms in total. The molecule has 0 aliphatic rings. The highest BCUT2D eigenvalue weighted by molar-refractivity contribution is 4.35. The molecule has 0 heterocycles. The van der Waals surface area contributed by atoms with Crippen LogP contribution in [-0.4, -0.2) is 24.9 Å². The highest BCUT2D eigenvalue weighted by Gasteiger charge is 1.93. The molecule has 0 bridgehead atoms. The molecule has 5 heteroatoms. The summed E-state index contributed by atoms with van der Waals surface area (Å²) in [6, 6.07) is 0. The summed E-state index contributed by atoms with van der Waals surface area (Å²) in [5.41, 5.74) is 0. The first kappa shape index (κ1) is 10.2. The Morgan fingerprint density at radius 1 is 1.36 bits per heavy atom. The van der Waals surface area contributed by atoms with E-state index in [1.54, 1.807) is 0 Å². The molecule has 0 atom stereocenters. The van der Waals surface area contributed by atoms with E-state index in [1.807, 2.05) is 6.92 Å². The van der Waals surface area contributed by atoms with Crippen LogP contribution in [0.1, 0.15) is 19.8 Å². The lowest BCUT2D eigenvalue weighted by molar-refractivity contribution is -0.757. The van der Waals surface area contributed by atoms with Crippen molar-refractivity contribution >= 4 is 0 Å². The van der Waals surface area contributed by atoms with Crippen molar-refractivity contribution < 1.29 is 14.7 Å². The summed E-state index contributed by atoms with van der Waals surface area (Å²) in [5.74, 6) is 0. The molecule has 66 valence electrons. The van der Waals surface area contributed by atoms with Gasteiger partial charge in [0.15, 0.2) is 0 Å². The van der Waals surface area contributed by atoms with Gasteiger partial charge in [-0.3, -0.25) is 0 Å². The van der Waals surface area contributed by atoms with E-state index in [2.05, 4.69) is 4.84 Å². The zero-order valence-corrected chi connectivity index (χ0v) is 6.62. The lowest BCUT2D eigenvalue weighted by Gasteiger charge is -1.99. The van der Waals surface area contributed by atoms with E-state index in [4.69, 9.17) is 4.74 Å². The first-order valence-electron chi connectivity index (χ1n) is 3.62. The molecule has 0 radical (unpaired) electrons. The first-order chi connectivity index (χ1) is 5.27. The summed E-state index contributed by atoms with van der Waals surface area (Å²) < 4.78 is 5.02. The summed E-state index contributed by atoms with van der Waals surface area (Å²) in [7, 11) is 0. The van der Waals surface area contributed by atoms with Gasteiger partial charge in [0.05, 0.1) is 6.61 Å². The Morgan fingerprint density at radius 2 is 2.00 bits per heavy atom. The van der Waals surface area contributed by atoms with Crippen LogP contribution in [0, 0.1) is 10.1 Å². The summed E-state index contributed by atoms with van der Waals surface area (Å²) in [6.45, 7) is 3.42. The van der Waals surface area contributed by atoms with Gasteiger partial charge in [0.25, 0.3) is 5.09 Å². The number of ether oxygens (including phenoxy) is 1.